The Hall–Kier alpha value is -3.39. The molecule has 1 amide bonds. The van der Waals surface area contributed by atoms with E-state index in [2.05, 4.69) is 5.32 Å². The monoisotopic (exact) mass is 463 g/mol. The number of carbonyl (C=O) groups excluding carboxylic acids is 2. The molecule has 2 rings (SSSR count). The Morgan fingerprint density at radius 2 is 1.50 bits per heavy atom. The van der Waals surface area contributed by atoms with Crippen molar-refractivity contribution in [1.29, 1.82) is 0 Å². The van der Waals surface area contributed by atoms with Crippen molar-refractivity contribution in [3.8, 4) is 23.0 Å². The topological polar surface area (TPSA) is 92.3 Å². The van der Waals surface area contributed by atoms with Crippen molar-refractivity contribution in [2.75, 3.05) is 33.8 Å². The summed E-state index contributed by atoms with van der Waals surface area (Å²) in [6, 6.07) is 6.58. The van der Waals surface area contributed by atoms with E-state index in [1.54, 1.807) is 31.2 Å². The third-order valence-electron chi connectivity index (χ3n) is 4.54. The van der Waals surface area contributed by atoms with Gasteiger partial charge in [-0.05, 0) is 37.6 Å². The molecule has 0 aliphatic carbocycles. The van der Waals surface area contributed by atoms with E-state index in [0.29, 0.717) is 39.3 Å². The van der Waals surface area contributed by atoms with Gasteiger partial charge in [0.2, 0.25) is 0 Å². The SMILES string of the molecule is COc1cc(OC)c(OC)cc1/C=C/C(=O)OC(C)C(=O)Nc1cc(C)c(Cl)cc1OC. The first-order valence-electron chi connectivity index (χ1n) is 9.57. The maximum atomic E-state index is 12.5. The van der Waals surface area contributed by atoms with E-state index in [-0.39, 0.29) is 0 Å². The zero-order chi connectivity index (χ0) is 23.8. The summed E-state index contributed by atoms with van der Waals surface area (Å²) in [4.78, 5) is 24.7. The molecule has 0 aliphatic heterocycles. The van der Waals surface area contributed by atoms with Gasteiger partial charge in [0.15, 0.2) is 17.6 Å². The second-order valence-electron chi connectivity index (χ2n) is 6.65. The largest absolute Gasteiger partial charge is 0.496 e. The van der Waals surface area contributed by atoms with Crippen molar-refractivity contribution in [3.05, 3.63) is 46.5 Å². The van der Waals surface area contributed by atoms with Crippen LogP contribution in [0.4, 0.5) is 5.69 Å². The van der Waals surface area contributed by atoms with Crippen LogP contribution in [0.2, 0.25) is 5.02 Å². The van der Waals surface area contributed by atoms with Gasteiger partial charge in [0.1, 0.15) is 11.5 Å². The number of esters is 1. The molecule has 0 aromatic heterocycles. The summed E-state index contributed by atoms with van der Waals surface area (Å²) in [5.74, 6) is 0.610. The number of benzene rings is 2. The standard InChI is InChI=1S/C23H26ClNO7/c1-13-9-17(19(29-4)11-16(13)24)25-23(27)14(2)32-22(26)8-7-15-10-20(30-5)21(31-6)12-18(15)28-3/h7-12,14H,1-6H3,(H,25,27)/b8-7+. The molecule has 1 unspecified atom stereocenters. The number of anilines is 1. The number of halogens is 1. The molecule has 2 aromatic rings. The molecule has 32 heavy (non-hydrogen) atoms. The lowest BCUT2D eigenvalue weighted by atomic mass is 10.1. The number of hydrogen-bond donors (Lipinski definition) is 1. The van der Waals surface area contributed by atoms with E-state index < -0.39 is 18.0 Å². The third kappa shape index (κ3) is 6.07. The van der Waals surface area contributed by atoms with Crippen LogP contribution in [-0.4, -0.2) is 46.4 Å². The summed E-state index contributed by atoms with van der Waals surface area (Å²) in [6.45, 7) is 3.27. The lowest BCUT2D eigenvalue weighted by molar-refractivity contribution is -0.148. The van der Waals surface area contributed by atoms with Gasteiger partial charge in [-0.25, -0.2) is 4.79 Å². The predicted molar refractivity (Wildman–Crippen MR) is 122 cm³/mol. The van der Waals surface area contributed by atoms with Gasteiger partial charge in [0.25, 0.3) is 5.91 Å². The predicted octanol–water partition coefficient (Wildman–Crippen LogP) is 4.27. The molecule has 0 saturated carbocycles. The molecule has 2 aromatic carbocycles. The Labute approximate surface area is 192 Å². The van der Waals surface area contributed by atoms with Crippen LogP contribution in [-0.2, 0) is 14.3 Å². The van der Waals surface area contributed by atoms with Gasteiger partial charge >= 0.3 is 5.97 Å². The zero-order valence-electron chi connectivity index (χ0n) is 18.8. The highest BCUT2D eigenvalue weighted by atomic mass is 35.5. The first-order chi connectivity index (χ1) is 15.2. The van der Waals surface area contributed by atoms with E-state index in [1.807, 2.05) is 0 Å². The fourth-order valence-corrected chi connectivity index (χ4v) is 2.93. The van der Waals surface area contributed by atoms with Crippen molar-refractivity contribution < 1.29 is 33.3 Å². The molecule has 0 spiro atoms. The number of aryl methyl sites for hydroxylation is 1. The zero-order valence-corrected chi connectivity index (χ0v) is 19.5. The quantitative estimate of drug-likeness (QED) is 0.438. The van der Waals surface area contributed by atoms with Crippen LogP contribution in [0.3, 0.4) is 0 Å². The molecular formula is C23H26ClNO7. The molecule has 1 atom stereocenters. The lowest BCUT2D eigenvalue weighted by Crippen LogP contribution is -2.29. The summed E-state index contributed by atoms with van der Waals surface area (Å²) in [5, 5.41) is 3.19. The van der Waals surface area contributed by atoms with Gasteiger partial charge in [-0.2, -0.15) is 0 Å². The van der Waals surface area contributed by atoms with E-state index >= 15 is 0 Å². The van der Waals surface area contributed by atoms with E-state index in [4.69, 9.17) is 35.3 Å². The third-order valence-corrected chi connectivity index (χ3v) is 4.94. The van der Waals surface area contributed by atoms with Crippen molar-refractivity contribution in [2.24, 2.45) is 0 Å². The molecular weight excluding hydrogens is 438 g/mol. The average Bonchev–Trinajstić information content (AvgIpc) is 2.78. The Kier molecular flexibility index (Phi) is 8.78. The van der Waals surface area contributed by atoms with Crippen LogP contribution in [0.1, 0.15) is 18.1 Å². The van der Waals surface area contributed by atoms with Crippen molar-refractivity contribution >= 4 is 35.2 Å². The molecule has 8 nitrogen and oxygen atoms in total. The van der Waals surface area contributed by atoms with Crippen LogP contribution in [0.15, 0.2) is 30.3 Å². The second kappa shape index (κ2) is 11.3. The molecule has 1 N–H and O–H groups in total. The molecule has 0 fully saturated rings. The molecule has 0 heterocycles. The Bertz CT molecular complexity index is 1020. The maximum Gasteiger partial charge on any atom is 0.331 e. The van der Waals surface area contributed by atoms with Crippen LogP contribution in [0.25, 0.3) is 6.08 Å². The molecule has 0 aliphatic rings. The summed E-state index contributed by atoms with van der Waals surface area (Å²) < 4.78 is 26.3. The number of rotatable bonds is 9. The minimum absolute atomic E-state index is 0.396. The van der Waals surface area contributed by atoms with Crippen LogP contribution < -0.4 is 24.3 Å². The van der Waals surface area contributed by atoms with Gasteiger partial charge in [-0.3, -0.25) is 4.79 Å². The number of ether oxygens (including phenoxy) is 5. The van der Waals surface area contributed by atoms with Gasteiger partial charge in [0.05, 0.1) is 34.1 Å². The first-order valence-corrected chi connectivity index (χ1v) is 9.95. The summed E-state index contributed by atoms with van der Waals surface area (Å²) in [6.07, 6.45) is 1.64. The molecule has 9 heteroatoms. The lowest BCUT2D eigenvalue weighted by Gasteiger charge is -2.15. The summed E-state index contributed by atoms with van der Waals surface area (Å²) in [7, 11) is 5.98. The van der Waals surface area contributed by atoms with Crippen LogP contribution in [0.5, 0.6) is 23.0 Å². The Balaban J connectivity index is 2.09. The Morgan fingerprint density at radius 1 is 0.906 bits per heavy atom. The van der Waals surface area contributed by atoms with Gasteiger partial charge in [-0.1, -0.05) is 11.6 Å². The van der Waals surface area contributed by atoms with Crippen LogP contribution in [0, 0.1) is 6.92 Å². The maximum absolute atomic E-state index is 12.5. The van der Waals surface area contributed by atoms with Gasteiger partial charge in [-0.15, -0.1) is 0 Å². The summed E-state index contributed by atoms with van der Waals surface area (Å²) in [5.41, 5.74) is 1.76. The molecule has 0 radical (unpaired) electrons. The number of hydrogen-bond acceptors (Lipinski definition) is 7. The first kappa shape index (κ1) is 24.9. The molecule has 0 bridgehead atoms. The highest BCUT2D eigenvalue weighted by Crippen LogP contribution is 2.35. The highest BCUT2D eigenvalue weighted by Gasteiger charge is 2.19. The van der Waals surface area contributed by atoms with Gasteiger partial charge in [0, 0.05) is 28.8 Å². The van der Waals surface area contributed by atoms with E-state index in [9.17, 15) is 9.59 Å². The second-order valence-corrected chi connectivity index (χ2v) is 7.06. The fraction of sp³-hybridized carbons (Fsp3) is 0.304. The number of methoxy groups -OCH3 is 4. The number of amides is 1. The Morgan fingerprint density at radius 3 is 2.09 bits per heavy atom. The normalized spacial score (nSPS) is 11.6. The van der Waals surface area contributed by atoms with Crippen molar-refractivity contribution in [1.82, 2.24) is 0 Å². The fourth-order valence-electron chi connectivity index (χ4n) is 2.77. The van der Waals surface area contributed by atoms with E-state index in [1.165, 1.54) is 47.5 Å². The van der Waals surface area contributed by atoms with Crippen molar-refractivity contribution in [2.45, 2.75) is 20.0 Å². The summed E-state index contributed by atoms with van der Waals surface area (Å²) >= 11 is 6.08. The minimum Gasteiger partial charge on any atom is -0.496 e. The van der Waals surface area contributed by atoms with Crippen molar-refractivity contribution in [3.63, 3.8) is 0 Å². The smallest absolute Gasteiger partial charge is 0.331 e. The van der Waals surface area contributed by atoms with Crippen LogP contribution >= 0.6 is 11.6 Å². The average molecular weight is 464 g/mol. The van der Waals surface area contributed by atoms with Gasteiger partial charge < -0.3 is 29.0 Å². The number of nitrogens with one attached hydrogen (secondary N) is 1. The highest BCUT2D eigenvalue weighted by molar-refractivity contribution is 6.31. The number of carbonyl (C=O) groups is 2. The minimum atomic E-state index is -1.06. The molecule has 0 saturated heterocycles. The van der Waals surface area contributed by atoms with E-state index in [0.717, 1.165) is 5.56 Å². The molecule has 172 valence electrons.